The quantitative estimate of drug-likeness (QED) is 0.591. The van der Waals surface area contributed by atoms with Gasteiger partial charge in [-0.3, -0.25) is 4.79 Å². The highest BCUT2D eigenvalue weighted by Crippen LogP contribution is 2.19. The average molecular weight is 340 g/mol. The van der Waals surface area contributed by atoms with Gasteiger partial charge in [-0.25, -0.2) is 0 Å². The molecule has 0 unspecified atom stereocenters. The lowest BCUT2D eigenvalue weighted by Gasteiger charge is -2.13. The summed E-state index contributed by atoms with van der Waals surface area (Å²) in [5.74, 6) is -0.819. The molecule has 4 nitrogen and oxygen atoms in total. The fraction of sp³-hybridized carbons (Fsp3) is 0.381. The SMILES string of the molecule is CC(C)=CCCC(C)=CCN[C@@H](Cc1c[nH]c2ccccc12)C(=O)O. The van der Waals surface area contributed by atoms with Gasteiger partial charge in [-0.15, -0.1) is 0 Å². The fourth-order valence-electron chi connectivity index (χ4n) is 2.83. The number of benzene rings is 1. The number of H-pyrrole nitrogens is 1. The minimum Gasteiger partial charge on any atom is -0.480 e. The molecule has 0 aliphatic rings. The van der Waals surface area contributed by atoms with E-state index < -0.39 is 12.0 Å². The number of nitrogens with one attached hydrogen (secondary N) is 2. The van der Waals surface area contributed by atoms with Crippen molar-refractivity contribution in [3.63, 3.8) is 0 Å². The Kier molecular flexibility index (Phi) is 7.02. The number of aromatic amines is 1. The van der Waals surface area contributed by atoms with Crippen LogP contribution in [-0.4, -0.2) is 28.6 Å². The van der Waals surface area contributed by atoms with Gasteiger partial charge >= 0.3 is 5.97 Å². The zero-order valence-electron chi connectivity index (χ0n) is 15.3. The first-order chi connectivity index (χ1) is 12.0. The van der Waals surface area contributed by atoms with E-state index >= 15 is 0 Å². The topological polar surface area (TPSA) is 65.1 Å². The third kappa shape index (κ3) is 5.91. The fourth-order valence-corrected chi connectivity index (χ4v) is 2.83. The summed E-state index contributed by atoms with van der Waals surface area (Å²) in [6.45, 7) is 6.86. The first-order valence-electron chi connectivity index (χ1n) is 8.77. The molecule has 25 heavy (non-hydrogen) atoms. The Balaban J connectivity index is 1.93. The van der Waals surface area contributed by atoms with Crippen LogP contribution >= 0.6 is 0 Å². The second-order valence-corrected chi connectivity index (χ2v) is 6.73. The van der Waals surface area contributed by atoms with Crippen molar-refractivity contribution in [2.24, 2.45) is 0 Å². The number of aliphatic carboxylic acids is 1. The molecule has 0 aliphatic heterocycles. The first-order valence-corrected chi connectivity index (χ1v) is 8.77. The zero-order valence-corrected chi connectivity index (χ0v) is 15.3. The molecule has 0 fully saturated rings. The highest BCUT2D eigenvalue weighted by atomic mass is 16.4. The van der Waals surface area contributed by atoms with Crippen molar-refractivity contribution in [1.82, 2.24) is 10.3 Å². The lowest BCUT2D eigenvalue weighted by atomic mass is 10.0. The molecule has 1 aromatic heterocycles. The standard InChI is InChI=1S/C21H28N2O2/c1-15(2)7-6-8-16(3)11-12-22-20(21(24)25)13-17-14-23-19-10-5-4-9-18(17)19/h4-5,7,9-11,14,20,22-23H,6,8,12-13H2,1-3H3,(H,24,25)/t20-/m0/s1. The summed E-state index contributed by atoms with van der Waals surface area (Å²) in [6, 6.07) is 7.37. The predicted molar refractivity (Wildman–Crippen MR) is 104 cm³/mol. The maximum atomic E-state index is 11.6. The van der Waals surface area contributed by atoms with Crippen molar-refractivity contribution in [2.45, 2.75) is 46.1 Å². The Morgan fingerprint density at radius 3 is 2.72 bits per heavy atom. The van der Waals surface area contributed by atoms with Gasteiger partial charge < -0.3 is 15.4 Å². The average Bonchev–Trinajstić information content (AvgIpc) is 2.96. The van der Waals surface area contributed by atoms with E-state index in [4.69, 9.17) is 0 Å². The molecular formula is C21H28N2O2. The van der Waals surface area contributed by atoms with Gasteiger partial charge in [0.25, 0.3) is 0 Å². The van der Waals surface area contributed by atoms with E-state index in [0.29, 0.717) is 13.0 Å². The number of carboxylic acid groups (broad SMARTS) is 1. The van der Waals surface area contributed by atoms with Crippen molar-refractivity contribution in [1.29, 1.82) is 0 Å². The molecule has 2 rings (SSSR count). The molecule has 1 atom stereocenters. The lowest BCUT2D eigenvalue weighted by molar-refractivity contribution is -0.139. The summed E-state index contributed by atoms with van der Waals surface area (Å²) >= 11 is 0. The molecule has 2 aromatic rings. The van der Waals surface area contributed by atoms with Crippen LogP contribution in [-0.2, 0) is 11.2 Å². The normalized spacial score (nSPS) is 13.0. The molecule has 0 amide bonds. The van der Waals surface area contributed by atoms with Crippen LogP contribution in [0.3, 0.4) is 0 Å². The van der Waals surface area contributed by atoms with Gasteiger partial charge in [0.15, 0.2) is 0 Å². The highest BCUT2D eigenvalue weighted by Gasteiger charge is 2.18. The third-order valence-electron chi connectivity index (χ3n) is 4.30. The van der Waals surface area contributed by atoms with Crippen molar-refractivity contribution >= 4 is 16.9 Å². The molecule has 0 radical (unpaired) electrons. The molecule has 0 saturated heterocycles. The second-order valence-electron chi connectivity index (χ2n) is 6.73. The van der Waals surface area contributed by atoms with Crippen LogP contribution < -0.4 is 5.32 Å². The summed E-state index contributed by atoms with van der Waals surface area (Å²) < 4.78 is 0. The van der Waals surface area contributed by atoms with Gasteiger partial charge in [0, 0.05) is 30.1 Å². The Labute approximate surface area is 149 Å². The van der Waals surface area contributed by atoms with E-state index in [1.165, 1.54) is 11.1 Å². The number of hydrogen-bond donors (Lipinski definition) is 3. The van der Waals surface area contributed by atoms with Gasteiger partial charge in [0.05, 0.1) is 0 Å². The van der Waals surface area contributed by atoms with Gasteiger partial charge in [-0.05, 0) is 45.2 Å². The maximum Gasteiger partial charge on any atom is 0.321 e. The van der Waals surface area contributed by atoms with Crippen LogP contribution in [0.25, 0.3) is 10.9 Å². The van der Waals surface area contributed by atoms with E-state index in [1.807, 2.05) is 30.5 Å². The number of allylic oxidation sites excluding steroid dienone is 3. The van der Waals surface area contributed by atoms with Crippen molar-refractivity contribution in [3.8, 4) is 0 Å². The third-order valence-corrected chi connectivity index (χ3v) is 4.30. The minimum atomic E-state index is -0.819. The number of carboxylic acids is 1. The maximum absolute atomic E-state index is 11.6. The Bertz CT molecular complexity index is 767. The number of fused-ring (bicyclic) bond motifs is 1. The van der Waals surface area contributed by atoms with Crippen LogP contribution in [0.1, 0.15) is 39.2 Å². The van der Waals surface area contributed by atoms with Crippen LogP contribution in [0.4, 0.5) is 0 Å². The Morgan fingerprint density at radius 1 is 1.24 bits per heavy atom. The number of hydrogen-bond acceptors (Lipinski definition) is 2. The minimum absolute atomic E-state index is 0.462. The van der Waals surface area contributed by atoms with Crippen molar-refractivity contribution in [3.05, 3.63) is 59.3 Å². The van der Waals surface area contributed by atoms with E-state index in [-0.39, 0.29) is 0 Å². The largest absolute Gasteiger partial charge is 0.480 e. The van der Waals surface area contributed by atoms with Crippen LogP contribution in [0.2, 0.25) is 0 Å². The lowest BCUT2D eigenvalue weighted by Crippen LogP contribution is -2.38. The zero-order chi connectivity index (χ0) is 18.2. The summed E-state index contributed by atoms with van der Waals surface area (Å²) in [5.41, 5.74) is 4.67. The number of rotatable bonds is 9. The predicted octanol–water partition coefficient (Wildman–Crippen LogP) is 4.45. The number of aromatic nitrogens is 1. The molecule has 3 N–H and O–H groups in total. The molecular weight excluding hydrogens is 312 g/mol. The summed E-state index contributed by atoms with van der Waals surface area (Å²) in [7, 11) is 0. The van der Waals surface area contributed by atoms with E-state index in [1.54, 1.807) is 0 Å². The van der Waals surface area contributed by atoms with Crippen molar-refractivity contribution in [2.75, 3.05) is 6.54 Å². The molecule has 0 spiro atoms. The highest BCUT2D eigenvalue weighted by molar-refractivity contribution is 5.84. The van der Waals surface area contributed by atoms with Gasteiger partial charge in [0.2, 0.25) is 0 Å². The number of carbonyl (C=O) groups is 1. The summed E-state index contributed by atoms with van der Waals surface area (Å²) in [5, 5.41) is 13.7. The molecule has 0 aliphatic carbocycles. The second kappa shape index (κ2) is 9.23. The molecule has 1 heterocycles. The van der Waals surface area contributed by atoms with E-state index in [0.717, 1.165) is 29.3 Å². The number of para-hydroxylation sites is 1. The van der Waals surface area contributed by atoms with Gasteiger partial charge in [-0.2, -0.15) is 0 Å². The molecule has 4 heteroatoms. The van der Waals surface area contributed by atoms with E-state index in [9.17, 15) is 9.90 Å². The monoisotopic (exact) mass is 340 g/mol. The molecule has 1 aromatic carbocycles. The summed E-state index contributed by atoms with van der Waals surface area (Å²) in [6.07, 6.45) is 8.72. The Hall–Kier alpha value is -2.33. The summed E-state index contributed by atoms with van der Waals surface area (Å²) in [4.78, 5) is 14.8. The van der Waals surface area contributed by atoms with Crippen LogP contribution in [0.15, 0.2) is 53.8 Å². The molecule has 0 bridgehead atoms. The van der Waals surface area contributed by atoms with Gasteiger partial charge in [-0.1, -0.05) is 41.5 Å². The van der Waals surface area contributed by atoms with Crippen molar-refractivity contribution < 1.29 is 9.90 Å². The molecule has 134 valence electrons. The van der Waals surface area contributed by atoms with E-state index in [2.05, 4.69) is 43.2 Å². The van der Waals surface area contributed by atoms with Gasteiger partial charge in [0.1, 0.15) is 6.04 Å². The molecule has 0 saturated carbocycles. The van der Waals surface area contributed by atoms with Crippen LogP contribution in [0.5, 0.6) is 0 Å². The first kappa shape index (κ1) is 19.0. The van der Waals surface area contributed by atoms with Crippen LogP contribution in [0, 0.1) is 0 Å². The smallest absolute Gasteiger partial charge is 0.321 e. The Morgan fingerprint density at radius 2 is 2.00 bits per heavy atom.